The fourth-order valence-electron chi connectivity index (χ4n) is 2.76. The van der Waals surface area contributed by atoms with Crippen LogP contribution >= 0.6 is 0 Å². The third-order valence-electron chi connectivity index (χ3n) is 3.53. The van der Waals surface area contributed by atoms with Crippen LogP contribution in [0.15, 0.2) is 6.07 Å². The number of H-pyrrole nitrogens is 1. The van der Waals surface area contributed by atoms with Gasteiger partial charge in [-0.2, -0.15) is 0 Å². The summed E-state index contributed by atoms with van der Waals surface area (Å²) in [5.74, 6) is 0. The third-order valence-corrected chi connectivity index (χ3v) is 3.53. The van der Waals surface area contributed by atoms with E-state index in [0.29, 0.717) is 6.04 Å². The number of hydrogen-bond donors (Lipinski definition) is 2. The predicted molar refractivity (Wildman–Crippen MR) is 67.7 cm³/mol. The Morgan fingerprint density at radius 3 is 2.50 bits per heavy atom. The molecule has 2 rings (SSSR count). The normalized spacial score (nSPS) is 19.9. The second kappa shape index (κ2) is 5.02. The van der Waals surface area contributed by atoms with Crippen LogP contribution in [0.5, 0.6) is 0 Å². The summed E-state index contributed by atoms with van der Waals surface area (Å²) >= 11 is 0. The zero-order valence-electron chi connectivity index (χ0n) is 10.6. The molecule has 0 radical (unpaired) electrons. The summed E-state index contributed by atoms with van der Waals surface area (Å²) in [7, 11) is 0. The number of hydrogen-bond acceptors (Lipinski definition) is 2. The van der Waals surface area contributed by atoms with Gasteiger partial charge in [-0.15, -0.1) is 0 Å². The molecule has 16 heavy (non-hydrogen) atoms. The number of aromatic amines is 1. The van der Waals surface area contributed by atoms with Crippen molar-refractivity contribution in [1.82, 2.24) is 15.2 Å². The number of piperazine rings is 1. The van der Waals surface area contributed by atoms with Crippen molar-refractivity contribution in [2.24, 2.45) is 0 Å². The Labute approximate surface area is 98.2 Å². The number of rotatable bonds is 3. The van der Waals surface area contributed by atoms with Crippen LogP contribution in [0.4, 0.5) is 0 Å². The van der Waals surface area contributed by atoms with E-state index in [0.717, 1.165) is 13.1 Å². The first-order chi connectivity index (χ1) is 7.72. The number of aryl methyl sites for hydroxylation is 2. The molecule has 0 bridgehead atoms. The third kappa shape index (κ3) is 2.30. The topological polar surface area (TPSA) is 31.1 Å². The minimum Gasteiger partial charge on any atom is -0.362 e. The van der Waals surface area contributed by atoms with Crippen LogP contribution in [-0.4, -0.2) is 36.1 Å². The molecule has 1 aliphatic heterocycles. The summed E-state index contributed by atoms with van der Waals surface area (Å²) in [4.78, 5) is 6.02. The van der Waals surface area contributed by atoms with Crippen LogP contribution in [-0.2, 0) is 0 Å². The Morgan fingerprint density at radius 2 is 2.00 bits per heavy atom. The van der Waals surface area contributed by atoms with Gasteiger partial charge in [-0.25, -0.2) is 0 Å². The highest BCUT2D eigenvalue weighted by molar-refractivity contribution is 5.27. The maximum Gasteiger partial charge on any atom is 0.0364 e. The van der Waals surface area contributed by atoms with Crippen LogP contribution in [0.25, 0.3) is 0 Å². The van der Waals surface area contributed by atoms with E-state index in [1.807, 2.05) is 0 Å². The van der Waals surface area contributed by atoms with Crippen molar-refractivity contribution in [3.8, 4) is 0 Å². The van der Waals surface area contributed by atoms with Gasteiger partial charge in [0.25, 0.3) is 0 Å². The molecule has 3 nitrogen and oxygen atoms in total. The summed E-state index contributed by atoms with van der Waals surface area (Å²) in [6.45, 7) is 11.2. The van der Waals surface area contributed by atoms with E-state index in [1.54, 1.807) is 0 Å². The lowest BCUT2D eigenvalue weighted by atomic mass is 10.0. The van der Waals surface area contributed by atoms with Gasteiger partial charge in [0.15, 0.2) is 0 Å². The molecule has 2 N–H and O–H groups in total. The molecule has 1 aliphatic rings. The smallest absolute Gasteiger partial charge is 0.0364 e. The van der Waals surface area contributed by atoms with E-state index < -0.39 is 0 Å². The minimum absolute atomic E-state index is 0.590. The van der Waals surface area contributed by atoms with E-state index in [-0.39, 0.29) is 0 Å². The quantitative estimate of drug-likeness (QED) is 0.818. The van der Waals surface area contributed by atoms with Gasteiger partial charge in [0, 0.05) is 43.6 Å². The lowest BCUT2D eigenvalue weighted by Crippen LogP contribution is -2.45. The first-order valence-corrected chi connectivity index (χ1v) is 6.33. The van der Waals surface area contributed by atoms with Gasteiger partial charge in [-0.05, 0) is 31.9 Å². The summed E-state index contributed by atoms with van der Waals surface area (Å²) in [5.41, 5.74) is 4.10. The van der Waals surface area contributed by atoms with E-state index in [2.05, 4.69) is 42.0 Å². The van der Waals surface area contributed by atoms with Gasteiger partial charge in [0.05, 0.1) is 0 Å². The monoisotopic (exact) mass is 221 g/mol. The standard InChI is InChI=1S/C13H23N3/c1-4-13(16-7-5-14-6-8-16)12-9-10(2)15-11(12)3/h9,13-15H,4-8H2,1-3H3. The highest BCUT2D eigenvalue weighted by Crippen LogP contribution is 2.27. The number of nitrogens with zero attached hydrogens (tertiary/aromatic N) is 1. The fourth-order valence-corrected chi connectivity index (χ4v) is 2.76. The molecule has 1 aromatic heterocycles. The molecule has 1 saturated heterocycles. The highest BCUT2D eigenvalue weighted by atomic mass is 15.2. The molecule has 0 aromatic carbocycles. The van der Waals surface area contributed by atoms with E-state index in [4.69, 9.17) is 0 Å². The molecule has 1 fully saturated rings. The number of nitrogens with one attached hydrogen (secondary N) is 2. The molecule has 0 saturated carbocycles. The van der Waals surface area contributed by atoms with E-state index in [1.165, 1.54) is 36.5 Å². The second-order valence-corrected chi connectivity index (χ2v) is 4.74. The molecule has 2 heterocycles. The van der Waals surface area contributed by atoms with Gasteiger partial charge in [0.1, 0.15) is 0 Å². The Balaban J connectivity index is 2.17. The average molecular weight is 221 g/mol. The van der Waals surface area contributed by atoms with Crippen molar-refractivity contribution >= 4 is 0 Å². The van der Waals surface area contributed by atoms with E-state index >= 15 is 0 Å². The Morgan fingerprint density at radius 1 is 1.31 bits per heavy atom. The van der Waals surface area contributed by atoms with Crippen molar-refractivity contribution in [3.63, 3.8) is 0 Å². The van der Waals surface area contributed by atoms with Gasteiger partial charge in [0.2, 0.25) is 0 Å². The SMILES string of the molecule is CCC(c1cc(C)[nH]c1C)N1CCNCC1. The zero-order chi connectivity index (χ0) is 11.5. The predicted octanol–water partition coefficient (Wildman–Crippen LogP) is 1.99. The lowest BCUT2D eigenvalue weighted by molar-refractivity contribution is 0.169. The lowest BCUT2D eigenvalue weighted by Gasteiger charge is -2.34. The maximum absolute atomic E-state index is 3.42. The fraction of sp³-hybridized carbons (Fsp3) is 0.692. The van der Waals surface area contributed by atoms with Gasteiger partial charge in [-0.3, -0.25) is 4.90 Å². The molecular formula is C13H23N3. The van der Waals surface area contributed by atoms with Gasteiger partial charge >= 0.3 is 0 Å². The Hall–Kier alpha value is -0.800. The Kier molecular flexibility index (Phi) is 3.66. The molecular weight excluding hydrogens is 198 g/mol. The van der Waals surface area contributed by atoms with Crippen LogP contribution in [0.2, 0.25) is 0 Å². The summed E-state index contributed by atoms with van der Waals surface area (Å²) < 4.78 is 0. The molecule has 1 aromatic rings. The van der Waals surface area contributed by atoms with Gasteiger partial charge in [-0.1, -0.05) is 6.92 Å². The first kappa shape index (κ1) is 11.7. The van der Waals surface area contributed by atoms with Crippen LogP contribution in [0.3, 0.4) is 0 Å². The summed E-state index contributed by atoms with van der Waals surface area (Å²) in [5, 5.41) is 3.42. The molecule has 3 heteroatoms. The zero-order valence-corrected chi connectivity index (χ0v) is 10.6. The first-order valence-electron chi connectivity index (χ1n) is 6.33. The molecule has 1 atom stereocenters. The summed E-state index contributed by atoms with van der Waals surface area (Å²) in [6.07, 6.45) is 1.19. The maximum atomic E-state index is 3.42. The molecule has 1 unspecified atom stereocenters. The second-order valence-electron chi connectivity index (χ2n) is 4.74. The van der Waals surface area contributed by atoms with Crippen LogP contribution in [0.1, 0.15) is 36.3 Å². The van der Waals surface area contributed by atoms with Crippen molar-refractivity contribution in [3.05, 3.63) is 23.0 Å². The Bertz CT molecular complexity index is 337. The molecule has 90 valence electrons. The number of aromatic nitrogens is 1. The minimum atomic E-state index is 0.590. The van der Waals surface area contributed by atoms with Crippen LogP contribution < -0.4 is 5.32 Å². The molecule has 0 amide bonds. The molecule has 0 aliphatic carbocycles. The summed E-state index contributed by atoms with van der Waals surface area (Å²) in [6, 6.07) is 2.90. The van der Waals surface area contributed by atoms with E-state index in [9.17, 15) is 0 Å². The molecule has 0 spiro atoms. The van der Waals surface area contributed by atoms with Crippen molar-refractivity contribution in [2.75, 3.05) is 26.2 Å². The van der Waals surface area contributed by atoms with Crippen molar-refractivity contribution in [2.45, 2.75) is 33.2 Å². The average Bonchev–Trinajstić information content (AvgIpc) is 2.61. The van der Waals surface area contributed by atoms with Crippen molar-refractivity contribution in [1.29, 1.82) is 0 Å². The van der Waals surface area contributed by atoms with Crippen LogP contribution in [0, 0.1) is 13.8 Å². The van der Waals surface area contributed by atoms with Gasteiger partial charge < -0.3 is 10.3 Å². The largest absolute Gasteiger partial charge is 0.362 e. The van der Waals surface area contributed by atoms with Crippen molar-refractivity contribution < 1.29 is 0 Å². The highest BCUT2D eigenvalue weighted by Gasteiger charge is 2.22.